The Kier molecular flexibility index (Phi) is 13.1. The van der Waals surface area contributed by atoms with E-state index in [2.05, 4.69) is 40.6 Å². The second kappa shape index (κ2) is 19.3. The molecule has 304 valence electrons. The molecule has 60 heavy (non-hydrogen) atoms. The molecule has 0 saturated carbocycles. The summed E-state index contributed by atoms with van der Waals surface area (Å²) in [6.45, 7) is 5.01. The topological polar surface area (TPSA) is 150 Å². The van der Waals surface area contributed by atoms with E-state index in [-0.39, 0.29) is 48.6 Å². The first-order chi connectivity index (χ1) is 29.3. The molecule has 4 aromatic heterocycles. The Morgan fingerprint density at radius 3 is 1.55 bits per heavy atom. The summed E-state index contributed by atoms with van der Waals surface area (Å²) >= 11 is 0. The van der Waals surface area contributed by atoms with Gasteiger partial charge in [0, 0.05) is 42.8 Å². The molecule has 0 fully saturated rings. The summed E-state index contributed by atoms with van der Waals surface area (Å²) in [5.41, 5.74) is 4.33. The number of rotatable bonds is 14. The number of halogens is 4. The van der Waals surface area contributed by atoms with Crippen molar-refractivity contribution in [3.63, 3.8) is 0 Å². The van der Waals surface area contributed by atoms with Crippen LogP contribution in [0.15, 0.2) is 122 Å². The molecule has 0 amide bonds. The molecular weight excluding hydrogens is 785 g/mol. The zero-order valence-electron chi connectivity index (χ0n) is 32.0. The highest BCUT2D eigenvalue weighted by Crippen LogP contribution is 2.32. The van der Waals surface area contributed by atoms with Gasteiger partial charge in [0.25, 0.3) is 0 Å². The highest BCUT2D eigenvalue weighted by Gasteiger charge is 2.21. The lowest BCUT2D eigenvalue weighted by molar-refractivity contribution is 0.0789. The van der Waals surface area contributed by atoms with Crippen LogP contribution in [0.3, 0.4) is 0 Å². The van der Waals surface area contributed by atoms with Crippen molar-refractivity contribution in [2.75, 3.05) is 13.2 Å². The van der Waals surface area contributed by atoms with Gasteiger partial charge >= 0.3 is 12.0 Å². The van der Waals surface area contributed by atoms with Crippen molar-refractivity contribution >= 4 is 0 Å². The normalized spacial score (nSPS) is 10.9. The fourth-order valence-corrected chi connectivity index (χ4v) is 5.58. The standard InChI is InChI=1S/2C21H17F2N5O2/c1-2-29-13-28-20(19(26-27-28)14-6-8-15(22)9-7-14)18-10-11-24-21(25-18)30-17-5-3-4-16(23)12-17;1-2-29-13-28-20(19(26-27-28)14-7-9-15(22)10-8-14)17-11-12-24-21(25-17)30-18-6-4-3-5-16(18)23/h2*3-12H,2,13H2,1H3. The second-order valence-corrected chi connectivity index (χ2v) is 12.4. The van der Waals surface area contributed by atoms with Crippen molar-refractivity contribution in [2.24, 2.45) is 0 Å². The van der Waals surface area contributed by atoms with E-state index in [4.69, 9.17) is 18.9 Å². The van der Waals surface area contributed by atoms with Gasteiger partial charge in [-0.2, -0.15) is 9.97 Å². The first-order valence-electron chi connectivity index (χ1n) is 18.4. The van der Waals surface area contributed by atoms with Gasteiger partial charge in [0.05, 0.1) is 11.4 Å². The molecule has 4 aromatic carbocycles. The average molecular weight is 819 g/mol. The van der Waals surface area contributed by atoms with Gasteiger partial charge in [-0.3, -0.25) is 0 Å². The predicted molar refractivity (Wildman–Crippen MR) is 209 cm³/mol. The third-order valence-electron chi connectivity index (χ3n) is 8.34. The van der Waals surface area contributed by atoms with Crippen molar-refractivity contribution in [3.8, 4) is 68.8 Å². The average Bonchev–Trinajstić information content (AvgIpc) is 3.89. The lowest BCUT2D eigenvalue weighted by Crippen LogP contribution is -2.07. The highest BCUT2D eigenvalue weighted by molar-refractivity contribution is 5.77. The monoisotopic (exact) mass is 818 g/mol. The molecule has 0 radical (unpaired) electrons. The lowest BCUT2D eigenvalue weighted by atomic mass is 10.1. The molecule has 0 spiro atoms. The minimum absolute atomic E-state index is 0.00866. The van der Waals surface area contributed by atoms with E-state index in [1.165, 1.54) is 71.7 Å². The number of hydrogen-bond donors (Lipinski definition) is 0. The Hall–Kier alpha value is -7.44. The minimum Gasteiger partial charge on any atom is -0.424 e. The van der Waals surface area contributed by atoms with Crippen molar-refractivity contribution in [1.82, 2.24) is 49.9 Å². The number of para-hydroxylation sites is 1. The Morgan fingerprint density at radius 2 is 1.05 bits per heavy atom. The molecule has 0 bridgehead atoms. The molecule has 0 atom stereocenters. The Morgan fingerprint density at radius 1 is 0.533 bits per heavy atom. The van der Waals surface area contributed by atoms with E-state index in [1.807, 2.05) is 13.8 Å². The third kappa shape index (κ3) is 9.98. The van der Waals surface area contributed by atoms with E-state index in [9.17, 15) is 17.6 Å². The maximum absolute atomic E-state index is 13.9. The summed E-state index contributed by atoms with van der Waals surface area (Å²) in [7, 11) is 0. The van der Waals surface area contributed by atoms with Gasteiger partial charge in [-0.15, -0.1) is 10.2 Å². The van der Waals surface area contributed by atoms with Gasteiger partial charge in [0.1, 0.15) is 59.4 Å². The van der Waals surface area contributed by atoms with Gasteiger partial charge in [-0.05, 0) is 98.8 Å². The lowest BCUT2D eigenvalue weighted by Gasteiger charge is -2.09. The maximum Gasteiger partial charge on any atom is 0.322 e. The van der Waals surface area contributed by atoms with Gasteiger partial charge < -0.3 is 18.9 Å². The molecule has 0 saturated heterocycles. The summed E-state index contributed by atoms with van der Waals surface area (Å²) in [5.74, 6) is -1.39. The van der Waals surface area contributed by atoms with Gasteiger partial charge in [0.15, 0.2) is 11.6 Å². The summed E-state index contributed by atoms with van der Waals surface area (Å²) < 4.78 is 79.2. The van der Waals surface area contributed by atoms with Gasteiger partial charge in [-0.25, -0.2) is 36.9 Å². The smallest absolute Gasteiger partial charge is 0.322 e. The molecule has 0 unspecified atom stereocenters. The van der Waals surface area contributed by atoms with Crippen LogP contribution in [0.1, 0.15) is 13.8 Å². The summed E-state index contributed by atoms with van der Waals surface area (Å²) in [6.07, 6.45) is 3.01. The van der Waals surface area contributed by atoms with E-state index < -0.39 is 11.6 Å². The largest absolute Gasteiger partial charge is 0.424 e. The molecule has 8 rings (SSSR count). The van der Waals surface area contributed by atoms with Crippen LogP contribution in [0.5, 0.6) is 23.5 Å². The Balaban J connectivity index is 0.000000181. The van der Waals surface area contributed by atoms with Gasteiger partial charge in [-0.1, -0.05) is 28.6 Å². The van der Waals surface area contributed by atoms with Crippen molar-refractivity contribution in [2.45, 2.75) is 27.3 Å². The molecule has 0 N–H and O–H groups in total. The second-order valence-electron chi connectivity index (χ2n) is 12.4. The highest BCUT2D eigenvalue weighted by atomic mass is 19.1. The zero-order chi connectivity index (χ0) is 41.8. The number of benzene rings is 4. The molecule has 4 heterocycles. The molecule has 18 heteroatoms. The predicted octanol–water partition coefficient (Wildman–Crippen LogP) is 8.93. The summed E-state index contributed by atoms with van der Waals surface area (Å²) in [5, 5.41) is 16.7. The molecule has 0 aliphatic rings. The quantitative estimate of drug-likeness (QED) is 0.0964. The first kappa shape index (κ1) is 40.7. The number of hydrogen-bond acceptors (Lipinski definition) is 12. The number of nitrogens with zero attached hydrogens (tertiary/aromatic N) is 10. The van der Waals surface area contributed by atoms with Crippen LogP contribution >= 0.6 is 0 Å². The number of aromatic nitrogens is 10. The van der Waals surface area contributed by atoms with Crippen LogP contribution < -0.4 is 9.47 Å². The van der Waals surface area contributed by atoms with Crippen LogP contribution in [0.4, 0.5) is 17.6 Å². The summed E-state index contributed by atoms with van der Waals surface area (Å²) in [4.78, 5) is 17.0. The molecule has 14 nitrogen and oxygen atoms in total. The third-order valence-corrected chi connectivity index (χ3v) is 8.34. The molecule has 8 aromatic rings. The van der Waals surface area contributed by atoms with E-state index >= 15 is 0 Å². The van der Waals surface area contributed by atoms with Crippen molar-refractivity contribution < 1.29 is 36.5 Å². The Labute approximate surface area is 340 Å². The van der Waals surface area contributed by atoms with Crippen LogP contribution in [-0.2, 0) is 22.9 Å². The molecule has 0 aliphatic heterocycles. The van der Waals surface area contributed by atoms with Crippen LogP contribution in [0.2, 0.25) is 0 Å². The Bertz CT molecular complexity index is 2660. The fourth-order valence-electron chi connectivity index (χ4n) is 5.58. The SMILES string of the molecule is CCOCn1nnc(-c2ccc(F)cc2)c1-c1ccnc(Oc2cccc(F)c2)n1.CCOCn1nnc(-c2ccc(F)cc2)c1-c1ccnc(Oc2ccccc2F)n1. The fraction of sp³-hybridized carbons (Fsp3) is 0.143. The van der Waals surface area contributed by atoms with Gasteiger partial charge in [0.2, 0.25) is 0 Å². The zero-order valence-corrected chi connectivity index (χ0v) is 32.0. The van der Waals surface area contributed by atoms with Crippen molar-refractivity contribution in [1.29, 1.82) is 0 Å². The molecular formula is C42H34F4N10O4. The molecule has 0 aliphatic carbocycles. The summed E-state index contributed by atoms with van der Waals surface area (Å²) in [6, 6.07) is 26.8. The van der Waals surface area contributed by atoms with Crippen LogP contribution in [0.25, 0.3) is 45.3 Å². The van der Waals surface area contributed by atoms with Crippen LogP contribution in [0, 0.1) is 23.3 Å². The number of ether oxygens (including phenoxy) is 4. The van der Waals surface area contributed by atoms with E-state index in [0.29, 0.717) is 58.5 Å². The maximum atomic E-state index is 13.9. The van der Waals surface area contributed by atoms with E-state index in [1.54, 1.807) is 59.3 Å². The van der Waals surface area contributed by atoms with E-state index in [0.717, 1.165) is 0 Å². The minimum atomic E-state index is -0.526. The van der Waals surface area contributed by atoms with Crippen LogP contribution in [-0.4, -0.2) is 63.1 Å². The van der Waals surface area contributed by atoms with Crippen molar-refractivity contribution in [3.05, 3.63) is 145 Å². The first-order valence-corrected chi connectivity index (χ1v) is 18.4.